The van der Waals surface area contributed by atoms with E-state index in [1.165, 1.54) is 11.3 Å². The number of anilines is 2. The number of fused-ring (bicyclic) bond motifs is 2. The van der Waals surface area contributed by atoms with Gasteiger partial charge in [0.05, 0.1) is 17.4 Å². The predicted molar refractivity (Wildman–Crippen MR) is 99.4 cm³/mol. The Bertz CT molecular complexity index is 939. The number of hydrogen-bond donors (Lipinski definition) is 1. The van der Waals surface area contributed by atoms with Gasteiger partial charge in [-0.1, -0.05) is 18.2 Å². The Kier molecular flexibility index (Phi) is 3.98. The molecule has 3 aromatic rings. The van der Waals surface area contributed by atoms with E-state index in [4.69, 9.17) is 4.74 Å². The van der Waals surface area contributed by atoms with Gasteiger partial charge in [0.25, 0.3) is 0 Å². The molecule has 25 heavy (non-hydrogen) atoms. The van der Waals surface area contributed by atoms with Crippen molar-refractivity contribution < 1.29 is 9.53 Å². The molecule has 0 bridgehead atoms. The van der Waals surface area contributed by atoms with Crippen molar-refractivity contribution in [3.05, 3.63) is 60.3 Å². The summed E-state index contributed by atoms with van der Waals surface area (Å²) in [6.07, 6.45) is 3.24. The van der Waals surface area contributed by atoms with Crippen LogP contribution >= 0.6 is 0 Å². The Morgan fingerprint density at radius 2 is 2.08 bits per heavy atom. The van der Waals surface area contributed by atoms with Crippen LogP contribution in [0.3, 0.4) is 0 Å². The van der Waals surface area contributed by atoms with Gasteiger partial charge in [-0.05, 0) is 48.7 Å². The number of carbonyl (C=O) groups excluding carboxylic acids is 1. The molecule has 5 heteroatoms. The quantitative estimate of drug-likeness (QED) is 0.762. The van der Waals surface area contributed by atoms with Crippen molar-refractivity contribution in [3.8, 4) is 5.75 Å². The summed E-state index contributed by atoms with van der Waals surface area (Å²) in [7, 11) is 2.08. The molecule has 1 aliphatic heterocycles. The maximum absolute atomic E-state index is 12.2. The summed E-state index contributed by atoms with van der Waals surface area (Å²) in [6, 6.07) is 15.4. The predicted octanol–water partition coefficient (Wildman–Crippen LogP) is 4.23. The maximum Gasteiger partial charge on any atom is 0.417 e. The van der Waals surface area contributed by atoms with Crippen LogP contribution < -0.4 is 15.0 Å². The fourth-order valence-corrected chi connectivity index (χ4v) is 3.21. The second-order valence-corrected chi connectivity index (χ2v) is 6.25. The molecule has 5 nitrogen and oxygen atoms in total. The second-order valence-electron chi connectivity index (χ2n) is 6.25. The molecule has 0 radical (unpaired) electrons. The van der Waals surface area contributed by atoms with Crippen LogP contribution in [-0.2, 0) is 6.42 Å². The van der Waals surface area contributed by atoms with E-state index >= 15 is 0 Å². The van der Waals surface area contributed by atoms with Crippen LogP contribution in [0.4, 0.5) is 16.2 Å². The van der Waals surface area contributed by atoms with Gasteiger partial charge in [0.1, 0.15) is 5.75 Å². The summed E-state index contributed by atoms with van der Waals surface area (Å²) >= 11 is 0. The van der Waals surface area contributed by atoms with Crippen molar-refractivity contribution in [1.29, 1.82) is 0 Å². The average Bonchev–Trinajstić information content (AvgIpc) is 2.61. The fraction of sp³-hybridized carbons (Fsp3) is 0.200. The van der Waals surface area contributed by atoms with Crippen LogP contribution in [-0.4, -0.2) is 24.7 Å². The summed E-state index contributed by atoms with van der Waals surface area (Å²) in [5.41, 5.74) is 3.92. The van der Waals surface area contributed by atoms with Gasteiger partial charge in [-0.25, -0.2) is 4.79 Å². The SMILES string of the molecule is CN1CCCc2cc(OC(=O)Nc3cnc4ccccc4c3)ccc21. The van der Waals surface area contributed by atoms with Crippen molar-refractivity contribution in [2.24, 2.45) is 0 Å². The third-order valence-electron chi connectivity index (χ3n) is 4.45. The molecule has 1 amide bonds. The van der Waals surface area contributed by atoms with Gasteiger partial charge >= 0.3 is 6.09 Å². The van der Waals surface area contributed by atoms with E-state index < -0.39 is 6.09 Å². The van der Waals surface area contributed by atoms with E-state index in [0.717, 1.165) is 30.3 Å². The normalized spacial score (nSPS) is 13.4. The first-order chi connectivity index (χ1) is 12.2. The van der Waals surface area contributed by atoms with Crippen LogP contribution in [0.25, 0.3) is 10.9 Å². The highest BCUT2D eigenvalue weighted by atomic mass is 16.6. The zero-order valence-electron chi connectivity index (χ0n) is 14.0. The van der Waals surface area contributed by atoms with Crippen LogP contribution in [0.1, 0.15) is 12.0 Å². The first kappa shape index (κ1) is 15.4. The monoisotopic (exact) mass is 333 g/mol. The number of nitrogens with one attached hydrogen (secondary N) is 1. The molecule has 0 fully saturated rings. The van der Waals surface area contributed by atoms with E-state index in [-0.39, 0.29) is 0 Å². The lowest BCUT2D eigenvalue weighted by molar-refractivity contribution is 0.215. The third-order valence-corrected chi connectivity index (χ3v) is 4.45. The van der Waals surface area contributed by atoms with Crippen molar-refractivity contribution >= 4 is 28.4 Å². The van der Waals surface area contributed by atoms with Gasteiger partial charge in [-0.2, -0.15) is 0 Å². The number of amides is 1. The molecular weight excluding hydrogens is 314 g/mol. The molecule has 1 aliphatic rings. The summed E-state index contributed by atoms with van der Waals surface area (Å²) < 4.78 is 5.44. The van der Waals surface area contributed by atoms with E-state index in [2.05, 4.69) is 22.2 Å². The molecule has 4 rings (SSSR count). The van der Waals surface area contributed by atoms with Crippen LogP contribution in [0.15, 0.2) is 54.7 Å². The highest BCUT2D eigenvalue weighted by Crippen LogP contribution is 2.29. The number of aryl methyl sites for hydroxylation is 1. The number of ether oxygens (including phenoxy) is 1. The van der Waals surface area contributed by atoms with Crippen molar-refractivity contribution in [3.63, 3.8) is 0 Å². The van der Waals surface area contributed by atoms with Crippen molar-refractivity contribution in [2.75, 3.05) is 23.8 Å². The second kappa shape index (κ2) is 6.43. The number of rotatable bonds is 2. The minimum absolute atomic E-state index is 0.513. The number of aromatic nitrogens is 1. The topological polar surface area (TPSA) is 54.5 Å². The lowest BCUT2D eigenvalue weighted by Crippen LogP contribution is -2.24. The molecule has 1 N–H and O–H groups in total. The molecule has 126 valence electrons. The molecule has 0 aliphatic carbocycles. The van der Waals surface area contributed by atoms with Crippen molar-refractivity contribution in [2.45, 2.75) is 12.8 Å². The largest absolute Gasteiger partial charge is 0.417 e. The van der Waals surface area contributed by atoms with Gasteiger partial charge in [-0.3, -0.25) is 10.3 Å². The Morgan fingerprint density at radius 1 is 1.20 bits per heavy atom. The molecule has 0 saturated carbocycles. The van der Waals surface area contributed by atoms with E-state index in [9.17, 15) is 4.79 Å². The minimum Gasteiger partial charge on any atom is -0.410 e. The molecule has 2 heterocycles. The van der Waals surface area contributed by atoms with Crippen LogP contribution in [0, 0.1) is 0 Å². The summed E-state index contributed by atoms with van der Waals surface area (Å²) in [5.74, 6) is 0.556. The average molecular weight is 333 g/mol. The zero-order chi connectivity index (χ0) is 17.2. The lowest BCUT2D eigenvalue weighted by Gasteiger charge is -2.27. The first-order valence-electron chi connectivity index (χ1n) is 8.37. The fourth-order valence-electron chi connectivity index (χ4n) is 3.21. The van der Waals surface area contributed by atoms with E-state index in [0.29, 0.717) is 11.4 Å². The standard InChI is InChI=1S/C20H19N3O2/c1-23-10-4-6-15-12-17(8-9-19(15)23)25-20(24)22-16-11-14-5-2-3-7-18(14)21-13-16/h2-3,5,7-9,11-13H,4,6,10H2,1H3,(H,22,24). The molecule has 1 aromatic heterocycles. The van der Waals surface area contributed by atoms with E-state index in [1.807, 2.05) is 48.5 Å². The summed E-state index contributed by atoms with van der Waals surface area (Å²) in [5, 5.41) is 3.71. The van der Waals surface area contributed by atoms with Gasteiger partial charge in [0.2, 0.25) is 0 Å². The highest BCUT2D eigenvalue weighted by Gasteiger charge is 2.15. The Labute approximate surface area is 146 Å². The Morgan fingerprint density at radius 3 is 3.00 bits per heavy atom. The van der Waals surface area contributed by atoms with Crippen molar-refractivity contribution in [1.82, 2.24) is 4.98 Å². The number of pyridine rings is 1. The summed E-state index contributed by atoms with van der Waals surface area (Å²) in [4.78, 5) is 18.7. The first-order valence-corrected chi connectivity index (χ1v) is 8.37. The number of benzene rings is 2. The van der Waals surface area contributed by atoms with Gasteiger partial charge in [-0.15, -0.1) is 0 Å². The van der Waals surface area contributed by atoms with Gasteiger partial charge in [0, 0.05) is 24.7 Å². The molecule has 2 aromatic carbocycles. The van der Waals surface area contributed by atoms with E-state index in [1.54, 1.807) is 6.20 Å². The number of para-hydroxylation sites is 1. The molecule has 0 spiro atoms. The third kappa shape index (κ3) is 3.26. The maximum atomic E-state index is 12.2. The molecule has 0 unspecified atom stereocenters. The van der Waals surface area contributed by atoms with Gasteiger partial charge < -0.3 is 9.64 Å². The molecule has 0 saturated heterocycles. The zero-order valence-corrected chi connectivity index (χ0v) is 14.0. The smallest absolute Gasteiger partial charge is 0.410 e. The highest BCUT2D eigenvalue weighted by molar-refractivity contribution is 5.90. The minimum atomic E-state index is -0.513. The molecule has 0 atom stereocenters. The summed E-state index contributed by atoms with van der Waals surface area (Å²) in [6.45, 7) is 1.06. The van der Waals surface area contributed by atoms with Crippen LogP contribution in [0.2, 0.25) is 0 Å². The van der Waals surface area contributed by atoms with Crippen LogP contribution in [0.5, 0.6) is 5.75 Å². The number of nitrogens with zero attached hydrogens (tertiary/aromatic N) is 2. The van der Waals surface area contributed by atoms with Gasteiger partial charge in [0.15, 0.2) is 0 Å². The lowest BCUT2D eigenvalue weighted by atomic mass is 10.0. The number of carbonyl (C=O) groups is 1. The Balaban J connectivity index is 1.48. The number of hydrogen-bond acceptors (Lipinski definition) is 4. The molecular formula is C20H19N3O2. The Hall–Kier alpha value is -3.08.